The van der Waals surface area contributed by atoms with Crippen LogP contribution in [0.3, 0.4) is 0 Å². The molecule has 1 unspecified atom stereocenters. The second-order valence-corrected chi connectivity index (χ2v) is 4.69. The summed E-state index contributed by atoms with van der Waals surface area (Å²) in [5.41, 5.74) is 7.05. The standard InChI is InChI=1S/C9H14N6S/c1-6-5-16-9(11-6)4-7(10)3-8-12-14-15(2)13-8/h5,7H,3-4,10H2,1-2H3. The van der Waals surface area contributed by atoms with Gasteiger partial charge in [-0.05, 0) is 12.1 Å². The lowest BCUT2D eigenvalue weighted by molar-refractivity contribution is 0.614. The summed E-state index contributed by atoms with van der Waals surface area (Å²) in [6.45, 7) is 1.98. The fraction of sp³-hybridized carbons (Fsp3) is 0.556. The zero-order valence-electron chi connectivity index (χ0n) is 9.29. The van der Waals surface area contributed by atoms with Crippen molar-refractivity contribution in [3.63, 3.8) is 0 Å². The summed E-state index contributed by atoms with van der Waals surface area (Å²) in [5.74, 6) is 0.684. The monoisotopic (exact) mass is 238 g/mol. The highest BCUT2D eigenvalue weighted by molar-refractivity contribution is 7.09. The molecule has 2 aromatic rings. The Morgan fingerprint density at radius 1 is 1.50 bits per heavy atom. The zero-order chi connectivity index (χ0) is 11.5. The summed E-state index contributed by atoms with van der Waals surface area (Å²) in [7, 11) is 1.74. The molecule has 2 heterocycles. The Labute approximate surface area is 97.5 Å². The fourth-order valence-electron chi connectivity index (χ4n) is 1.43. The molecule has 0 spiro atoms. The van der Waals surface area contributed by atoms with Crippen LogP contribution in [0.5, 0.6) is 0 Å². The molecule has 0 aliphatic carbocycles. The minimum absolute atomic E-state index is 0.00486. The third kappa shape index (κ3) is 2.83. The minimum Gasteiger partial charge on any atom is -0.327 e. The second kappa shape index (κ2) is 4.67. The number of rotatable bonds is 4. The van der Waals surface area contributed by atoms with E-state index in [0.717, 1.165) is 17.1 Å². The number of thiazole rings is 1. The van der Waals surface area contributed by atoms with Gasteiger partial charge >= 0.3 is 0 Å². The van der Waals surface area contributed by atoms with Gasteiger partial charge in [-0.2, -0.15) is 4.80 Å². The average molecular weight is 238 g/mol. The van der Waals surface area contributed by atoms with Crippen LogP contribution in [0, 0.1) is 6.92 Å². The van der Waals surface area contributed by atoms with Crippen molar-refractivity contribution in [3.05, 3.63) is 21.9 Å². The van der Waals surface area contributed by atoms with Crippen molar-refractivity contribution in [1.82, 2.24) is 25.2 Å². The van der Waals surface area contributed by atoms with E-state index in [4.69, 9.17) is 5.73 Å². The largest absolute Gasteiger partial charge is 0.327 e. The van der Waals surface area contributed by atoms with Crippen molar-refractivity contribution in [2.75, 3.05) is 0 Å². The molecule has 0 amide bonds. The van der Waals surface area contributed by atoms with Gasteiger partial charge in [-0.1, -0.05) is 0 Å². The quantitative estimate of drug-likeness (QED) is 0.816. The van der Waals surface area contributed by atoms with Gasteiger partial charge in [0.25, 0.3) is 0 Å². The number of aromatic nitrogens is 5. The SMILES string of the molecule is Cc1csc(CC(N)Cc2nnn(C)n2)n1. The maximum Gasteiger partial charge on any atom is 0.176 e. The minimum atomic E-state index is -0.00486. The smallest absolute Gasteiger partial charge is 0.176 e. The topological polar surface area (TPSA) is 82.5 Å². The molecular weight excluding hydrogens is 224 g/mol. The summed E-state index contributed by atoms with van der Waals surface area (Å²) in [6, 6.07) is -0.00486. The van der Waals surface area contributed by atoms with E-state index in [1.165, 1.54) is 4.80 Å². The van der Waals surface area contributed by atoms with Crippen LogP contribution in [0.4, 0.5) is 0 Å². The molecule has 86 valence electrons. The lowest BCUT2D eigenvalue weighted by Crippen LogP contribution is -2.26. The molecule has 0 radical (unpaired) electrons. The molecule has 2 aromatic heterocycles. The van der Waals surface area contributed by atoms with E-state index in [1.807, 2.05) is 12.3 Å². The third-order valence-corrected chi connectivity index (χ3v) is 3.09. The fourth-order valence-corrected chi connectivity index (χ4v) is 2.30. The molecule has 0 bridgehead atoms. The van der Waals surface area contributed by atoms with Crippen LogP contribution in [-0.4, -0.2) is 31.2 Å². The predicted octanol–water partition coefficient (Wildman–Crippen LogP) is 0.0875. The highest BCUT2D eigenvalue weighted by atomic mass is 32.1. The van der Waals surface area contributed by atoms with Crippen molar-refractivity contribution < 1.29 is 0 Å². The first-order chi connectivity index (χ1) is 7.63. The molecule has 0 aliphatic rings. The molecule has 0 aliphatic heterocycles. The molecule has 2 rings (SSSR count). The number of hydrogen-bond acceptors (Lipinski definition) is 6. The summed E-state index contributed by atoms with van der Waals surface area (Å²) in [4.78, 5) is 5.81. The van der Waals surface area contributed by atoms with Crippen molar-refractivity contribution in [2.45, 2.75) is 25.8 Å². The Hall–Kier alpha value is -1.34. The van der Waals surface area contributed by atoms with Gasteiger partial charge < -0.3 is 5.73 Å². The van der Waals surface area contributed by atoms with Crippen molar-refractivity contribution in [1.29, 1.82) is 0 Å². The lowest BCUT2D eigenvalue weighted by Gasteiger charge is -2.05. The summed E-state index contributed by atoms with van der Waals surface area (Å²) in [6.07, 6.45) is 1.39. The van der Waals surface area contributed by atoms with Crippen LogP contribution in [0.15, 0.2) is 5.38 Å². The lowest BCUT2D eigenvalue weighted by atomic mass is 10.1. The Bertz CT molecular complexity index is 420. The predicted molar refractivity (Wildman–Crippen MR) is 61.0 cm³/mol. The van der Waals surface area contributed by atoms with Crippen LogP contribution in [-0.2, 0) is 19.9 Å². The van der Waals surface area contributed by atoms with Gasteiger partial charge in [-0.25, -0.2) is 4.98 Å². The number of aryl methyl sites for hydroxylation is 2. The Morgan fingerprint density at radius 2 is 2.31 bits per heavy atom. The van der Waals surface area contributed by atoms with Crippen LogP contribution < -0.4 is 5.73 Å². The average Bonchev–Trinajstić information content (AvgIpc) is 2.76. The van der Waals surface area contributed by atoms with E-state index < -0.39 is 0 Å². The first-order valence-corrected chi connectivity index (χ1v) is 5.91. The maximum atomic E-state index is 6.01. The maximum absolute atomic E-state index is 6.01. The van der Waals surface area contributed by atoms with Crippen LogP contribution >= 0.6 is 11.3 Å². The van der Waals surface area contributed by atoms with Crippen LogP contribution in [0.1, 0.15) is 16.5 Å². The third-order valence-electron chi connectivity index (χ3n) is 2.10. The number of tetrazole rings is 1. The number of hydrogen-bond donors (Lipinski definition) is 1. The van der Waals surface area contributed by atoms with Crippen LogP contribution in [0.2, 0.25) is 0 Å². The van der Waals surface area contributed by atoms with E-state index in [1.54, 1.807) is 18.4 Å². The number of nitrogens with zero attached hydrogens (tertiary/aromatic N) is 5. The van der Waals surface area contributed by atoms with Gasteiger partial charge in [0, 0.05) is 30.0 Å². The normalized spacial score (nSPS) is 12.9. The van der Waals surface area contributed by atoms with Crippen molar-refractivity contribution in [2.24, 2.45) is 12.8 Å². The molecular formula is C9H14N6S. The molecule has 16 heavy (non-hydrogen) atoms. The molecule has 0 saturated carbocycles. The summed E-state index contributed by atoms with van der Waals surface area (Å²) >= 11 is 1.64. The van der Waals surface area contributed by atoms with Crippen molar-refractivity contribution >= 4 is 11.3 Å². The van der Waals surface area contributed by atoms with Gasteiger partial charge in [0.05, 0.1) is 12.1 Å². The molecule has 0 fully saturated rings. The van der Waals surface area contributed by atoms with Gasteiger partial charge in [0.1, 0.15) is 0 Å². The van der Waals surface area contributed by atoms with Gasteiger partial charge in [-0.15, -0.1) is 21.5 Å². The van der Waals surface area contributed by atoms with Crippen molar-refractivity contribution in [3.8, 4) is 0 Å². The molecule has 6 nitrogen and oxygen atoms in total. The molecule has 7 heteroatoms. The molecule has 0 aromatic carbocycles. The van der Waals surface area contributed by atoms with E-state index in [0.29, 0.717) is 12.2 Å². The van der Waals surface area contributed by atoms with E-state index in [-0.39, 0.29) is 6.04 Å². The molecule has 2 N–H and O–H groups in total. The number of nitrogens with two attached hydrogens (primary N) is 1. The molecule has 1 atom stereocenters. The zero-order valence-corrected chi connectivity index (χ0v) is 10.1. The van der Waals surface area contributed by atoms with Crippen LogP contribution in [0.25, 0.3) is 0 Å². The highest BCUT2D eigenvalue weighted by Crippen LogP contribution is 2.11. The first kappa shape index (κ1) is 11.2. The van der Waals surface area contributed by atoms with E-state index in [2.05, 4.69) is 20.4 Å². The summed E-state index contributed by atoms with van der Waals surface area (Å²) < 4.78 is 0. The van der Waals surface area contributed by atoms with Gasteiger partial charge in [0.15, 0.2) is 5.82 Å². The Kier molecular flexibility index (Phi) is 3.25. The first-order valence-electron chi connectivity index (χ1n) is 5.03. The molecule has 0 saturated heterocycles. The van der Waals surface area contributed by atoms with E-state index >= 15 is 0 Å². The van der Waals surface area contributed by atoms with E-state index in [9.17, 15) is 0 Å². The summed E-state index contributed by atoms with van der Waals surface area (Å²) in [5, 5.41) is 14.9. The van der Waals surface area contributed by atoms with Gasteiger partial charge in [-0.3, -0.25) is 0 Å². The Balaban J connectivity index is 1.91. The Morgan fingerprint density at radius 3 is 2.88 bits per heavy atom. The van der Waals surface area contributed by atoms with Gasteiger partial charge in [0.2, 0.25) is 0 Å². The highest BCUT2D eigenvalue weighted by Gasteiger charge is 2.11. The second-order valence-electron chi connectivity index (χ2n) is 3.75.